The van der Waals surface area contributed by atoms with Gasteiger partial charge in [-0.3, -0.25) is 0 Å². The van der Waals surface area contributed by atoms with E-state index in [1.54, 1.807) is 0 Å². The van der Waals surface area contributed by atoms with E-state index in [0.717, 1.165) is 36.9 Å². The molecule has 1 aromatic rings. The Hall–Kier alpha value is -1.06. The molecule has 0 radical (unpaired) electrons. The molecule has 0 unspecified atom stereocenters. The number of benzene rings is 1. The van der Waals surface area contributed by atoms with E-state index in [9.17, 15) is 0 Å². The van der Waals surface area contributed by atoms with E-state index >= 15 is 0 Å². The molecule has 3 heteroatoms. The Labute approximate surface area is 116 Å². The smallest absolute Gasteiger partial charge is 0.119 e. The summed E-state index contributed by atoms with van der Waals surface area (Å²) in [5.41, 5.74) is 6.71. The van der Waals surface area contributed by atoms with Gasteiger partial charge >= 0.3 is 0 Å². The molecule has 1 aromatic carbocycles. The van der Waals surface area contributed by atoms with E-state index < -0.39 is 0 Å². The second-order valence-electron chi connectivity index (χ2n) is 5.47. The van der Waals surface area contributed by atoms with Crippen LogP contribution in [0.4, 0.5) is 0 Å². The van der Waals surface area contributed by atoms with E-state index in [4.69, 9.17) is 10.5 Å². The van der Waals surface area contributed by atoms with E-state index in [-0.39, 0.29) is 0 Å². The van der Waals surface area contributed by atoms with Crippen molar-refractivity contribution in [2.24, 2.45) is 5.73 Å². The fraction of sp³-hybridized carbons (Fsp3) is 0.625. The first-order valence-electron chi connectivity index (χ1n) is 7.41. The van der Waals surface area contributed by atoms with Gasteiger partial charge in [0.05, 0.1) is 6.61 Å². The van der Waals surface area contributed by atoms with Crippen molar-refractivity contribution in [3.05, 3.63) is 29.8 Å². The van der Waals surface area contributed by atoms with Gasteiger partial charge in [-0.2, -0.15) is 0 Å². The molecule has 0 amide bonds. The quantitative estimate of drug-likeness (QED) is 0.768. The van der Waals surface area contributed by atoms with Crippen LogP contribution in [0.2, 0.25) is 0 Å². The third-order valence-corrected chi connectivity index (χ3v) is 4.03. The maximum Gasteiger partial charge on any atom is 0.119 e. The van der Waals surface area contributed by atoms with Crippen molar-refractivity contribution in [1.82, 2.24) is 4.90 Å². The predicted molar refractivity (Wildman–Crippen MR) is 79.3 cm³/mol. The van der Waals surface area contributed by atoms with E-state index in [1.165, 1.54) is 25.7 Å². The van der Waals surface area contributed by atoms with Crippen molar-refractivity contribution in [2.45, 2.75) is 44.7 Å². The number of hydrogen-bond acceptors (Lipinski definition) is 3. The van der Waals surface area contributed by atoms with E-state index in [1.807, 2.05) is 24.3 Å². The van der Waals surface area contributed by atoms with Crippen LogP contribution in [-0.4, -0.2) is 31.1 Å². The molecular weight excluding hydrogens is 236 g/mol. The zero-order chi connectivity index (χ0) is 13.5. The van der Waals surface area contributed by atoms with Crippen LogP contribution >= 0.6 is 0 Å². The molecule has 1 aliphatic rings. The van der Waals surface area contributed by atoms with Crippen LogP contribution in [-0.2, 0) is 6.54 Å². The van der Waals surface area contributed by atoms with Gasteiger partial charge in [-0.05, 0) is 44.0 Å². The maximum atomic E-state index is 5.75. The van der Waals surface area contributed by atoms with Gasteiger partial charge in [-0.1, -0.05) is 25.0 Å². The molecule has 2 N–H and O–H groups in total. The van der Waals surface area contributed by atoms with Crippen molar-refractivity contribution in [2.75, 3.05) is 20.2 Å². The molecule has 19 heavy (non-hydrogen) atoms. The Morgan fingerprint density at radius 3 is 2.53 bits per heavy atom. The molecule has 1 saturated carbocycles. The average molecular weight is 262 g/mol. The lowest BCUT2D eigenvalue weighted by molar-refractivity contribution is 0.216. The number of rotatable bonds is 7. The predicted octanol–water partition coefficient (Wildman–Crippen LogP) is 2.79. The molecule has 0 aromatic heterocycles. The standard InChI is InChI=1S/C16H26N2O/c1-18(15-5-2-3-6-15)11-4-12-19-16-9-7-14(13-17)8-10-16/h7-10,15H,2-6,11-13,17H2,1H3. The van der Waals surface area contributed by atoms with Crippen LogP contribution in [0.1, 0.15) is 37.7 Å². The number of nitrogens with two attached hydrogens (primary N) is 1. The average Bonchev–Trinajstić information content (AvgIpc) is 2.98. The molecule has 106 valence electrons. The summed E-state index contributed by atoms with van der Waals surface area (Å²) in [5.74, 6) is 0.945. The lowest BCUT2D eigenvalue weighted by Crippen LogP contribution is -2.30. The molecule has 0 heterocycles. The minimum atomic E-state index is 0.590. The van der Waals surface area contributed by atoms with Gasteiger partial charge in [0.2, 0.25) is 0 Å². The van der Waals surface area contributed by atoms with Crippen LogP contribution in [0.5, 0.6) is 5.75 Å². The summed E-state index contributed by atoms with van der Waals surface area (Å²) in [6, 6.07) is 8.87. The summed E-state index contributed by atoms with van der Waals surface area (Å²) in [6.45, 7) is 2.51. The Bertz CT molecular complexity index is 358. The first-order valence-corrected chi connectivity index (χ1v) is 7.41. The second kappa shape index (κ2) is 7.51. The summed E-state index contributed by atoms with van der Waals surface area (Å²) in [6.07, 6.45) is 6.64. The van der Waals surface area contributed by atoms with Crippen LogP contribution in [0.15, 0.2) is 24.3 Å². The first kappa shape index (κ1) is 14.4. The van der Waals surface area contributed by atoms with Gasteiger partial charge in [0.25, 0.3) is 0 Å². The number of ether oxygens (including phenoxy) is 1. The van der Waals surface area contributed by atoms with E-state index in [2.05, 4.69) is 11.9 Å². The normalized spacial score (nSPS) is 16.2. The lowest BCUT2D eigenvalue weighted by atomic mass is 10.2. The fourth-order valence-corrected chi connectivity index (χ4v) is 2.75. The Kier molecular flexibility index (Phi) is 5.67. The summed E-state index contributed by atoms with van der Waals surface area (Å²) in [5, 5.41) is 0. The van der Waals surface area contributed by atoms with Gasteiger partial charge in [-0.15, -0.1) is 0 Å². The molecule has 0 saturated heterocycles. The molecule has 0 atom stereocenters. The Morgan fingerprint density at radius 2 is 1.89 bits per heavy atom. The summed E-state index contributed by atoms with van der Waals surface area (Å²) >= 11 is 0. The molecule has 1 aliphatic carbocycles. The second-order valence-corrected chi connectivity index (χ2v) is 5.47. The van der Waals surface area contributed by atoms with Crippen molar-refractivity contribution in [3.8, 4) is 5.75 Å². The molecule has 3 nitrogen and oxygen atoms in total. The van der Waals surface area contributed by atoms with Gasteiger partial charge < -0.3 is 15.4 Å². The largest absolute Gasteiger partial charge is 0.494 e. The maximum absolute atomic E-state index is 5.75. The summed E-state index contributed by atoms with van der Waals surface area (Å²) in [7, 11) is 2.24. The highest BCUT2D eigenvalue weighted by atomic mass is 16.5. The van der Waals surface area contributed by atoms with Crippen molar-refractivity contribution < 1.29 is 4.74 Å². The molecule has 0 aliphatic heterocycles. The van der Waals surface area contributed by atoms with Crippen molar-refractivity contribution in [1.29, 1.82) is 0 Å². The molecule has 0 bridgehead atoms. The van der Waals surface area contributed by atoms with Gasteiger partial charge in [0.15, 0.2) is 0 Å². The lowest BCUT2D eigenvalue weighted by Gasteiger charge is -2.23. The van der Waals surface area contributed by atoms with Crippen LogP contribution in [0.3, 0.4) is 0 Å². The number of hydrogen-bond donors (Lipinski definition) is 1. The topological polar surface area (TPSA) is 38.5 Å². The zero-order valence-electron chi connectivity index (χ0n) is 12.0. The van der Waals surface area contributed by atoms with Crippen molar-refractivity contribution in [3.63, 3.8) is 0 Å². The third kappa shape index (κ3) is 4.51. The zero-order valence-corrected chi connectivity index (χ0v) is 12.0. The highest BCUT2D eigenvalue weighted by molar-refractivity contribution is 5.26. The highest BCUT2D eigenvalue weighted by Gasteiger charge is 2.18. The first-order chi connectivity index (χ1) is 9.29. The van der Waals surface area contributed by atoms with E-state index in [0.29, 0.717) is 6.54 Å². The van der Waals surface area contributed by atoms with Gasteiger partial charge in [-0.25, -0.2) is 0 Å². The molecule has 2 rings (SSSR count). The van der Waals surface area contributed by atoms with Gasteiger partial charge in [0.1, 0.15) is 5.75 Å². The SMILES string of the molecule is CN(CCCOc1ccc(CN)cc1)C1CCCC1. The number of nitrogens with zero attached hydrogens (tertiary/aromatic N) is 1. The monoisotopic (exact) mass is 262 g/mol. The summed E-state index contributed by atoms with van der Waals surface area (Å²) in [4.78, 5) is 2.49. The Balaban J connectivity index is 1.62. The van der Waals surface area contributed by atoms with Crippen LogP contribution in [0.25, 0.3) is 0 Å². The molecular formula is C16H26N2O. The van der Waals surface area contributed by atoms with Crippen molar-refractivity contribution >= 4 is 0 Å². The summed E-state index contributed by atoms with van der Waals surface area (Å²) < 4.78 is 5.75. The fourth-order valence-electron chi connectivity index (χ4n) is 2.75. The minimum Gasteiger partial charge on any atom is -0.494 e. The van der Waals surface area contributed by atoms with Gasteiger partial charge in [0, 0.05) is 19.1 Å². The third-order valence-electron chi connectivity index (χ3n) is 4.03. The molecule has 0 spiro atoms. The minimum absolute atomic E-state index is 0.590. The Morgan fingerprint density at radius 1 is 1.21 bits per heavy atom. The molecule has 1 fully saturated rings. The van der Waals surface area contributed by atoms with Crippen LogP contribution in [0, 0.1) is 0 Å². The highest BCUT2D eigenvalue weighted by Crippen LogP contribution is 2.22. The van der Waals surface area contributed by atoms with Crippen LogP contribution < -0.4 is 10.5 Å².